The molecule has 0 atom stereocenters. The Morgan fingerprint density at radius 3 is 1.57 bits per heavy atom. The average molecular weight is 887 g/mol. The molecule has 0 bridgehead atoms. The Labute approximate surface area is 364 Å². The number of hydrogen-bond acceptors (Lipinski definition) is 13. The molecule has 0 spiro atoms. The van der Waals surface area contributed by atoms with Crippen LogP contribution in [0.1, 0.15) is 67.2 Å². The summed E-state index contributed by atoms with van der Waals surface area (Å²) < 4.78 is 43.7. The zero-order chi connectivity index (χ0) is 45.7. The van der Waals surface area contributed by atoms with Gasteiger partial charge in [0.2, 0.25) is 0 Å². The SMILES string of the molecule is CC(C)(C)OC(=O)N1CCC(OS(C)(=O)=O)CC1.CC(C)(C)OC(=O)N1CCC(Oc2ccc3[nH]c(=O)c4cccnc4c3c2)CC1.O=c1[nH]c2ccc(O)cc2c2ncccc12. The molecule has 3 N–H and O–H groups in total. The first-order valence-electron chi connectivity index (χ1n) is 20.6. The third kappa shape index (κ3) is 12.7. The predicted octanol–water partition coefficient (Wildman–Crippen LogP) is 7.00. The first kappa shape index (κ1) is 46.2. The first-order chi connectivity index (χ1) is 29.6. The van der Waals surface area contributed by atoms with Crippen LogP contribution in [0.4, 0.5) is 9.59 Å². The number of carbonyl (C=O) groups excluding carboxylic acids is 2. The summed E-state index contributed by atoms with van der Waals surface area (Å²) in [6.07, 6.45) is 5.89. The Bertz CT molecular complexity index is 2830. The van der Waals surface area contributed by atoms with Crippen molar-refractivity contribution in [3.8, 4) is 11.5 Å². The summed E-state index contributed by atoms with van der Waals surface area (Å²) in [4.78, 5) is 65.4. The standard InChI is InChI=1S/C22H25N3O4.C12H8N2O2.C11H21NO5S/c1-22(2,3)29-21(27)25-11-8-14(9-12-25)28-15-6-7-18-17(13-15)19-16(20(26)24-18)5-4-10-23-19;15-7-3-4-10-9(6-7)11-8(12(16)14-10)2-1-5-13-11;1-11(2,3)16-10(13)12-7-5-9(6-8-12)17-18(4,14)15/h4-7,10,13-14H,8-9,11-12H2,1-3H3,(H,24,26);1-6,15H,(H,14,16);9H,5-8H2,1-4H3. The smallest absolute Gasteiger partial charge is 0.410 e. The van der Waals surface area contributed by atoms with E-state index in [2.05, 4.69) is 19.9 Å². The maximum absolute atomic E-state index is 12.2. The number of aromatic nitrogens is 4. The number of carbonyl (C=O) groups is 2. The number of amides is 2. The molecule has 4 aromatic heterocycles. The van der Waals surface area contributed by atoms with Crippen LogP contribution in [0.3, 0.4) is 0 Å². The van der Waals surface area contributed by atoms with Crippen molar-refractivity contribution in [3.05, 3.63) is 93.8 Å². The van der Waals surface area contributed by atoms with E-state index in [0.717, 1.165) is 41.1 Å². The Morgan fingerprint density at radius 1 is 0.667 bits per heavy atom. The topological polar surface area (TPSA) is 223 Å². The average Bonchev–Trinajstić information content (AvgIpc) is 3.21. The summed E-state index contributed by atoms with van der Waals surface area (Å²) in [5.41, 5.74) is 1.35. The molecule has 2 aliphatic heterocycles. The molecule has 63 heavy (non-hydrogen) atoms. The number of ether oxygens (including phenoxy) is 3. The predicted molar refractivity (Wildman–Crippen MR) is 240 cm³/mol. The van der Waals surface area contributed by atoms with E-state index in [-0.39, 0.29) is 41.3 Å². The van der Waals surface area contributed by atoms with Crippen LogP contribution in [0.2, 0.25) is 0 Å². The summed E-state index contributed by atoms with van der Waals surface area (Å²) in [6.45, 7) is 13.1. The van der Waals surface area contributed by atoms with Gasteiger partial charge in [-0.15, -0.1) is 0 Å². The van der Waals surface area contributed by atoms with E-state index in [0.29, 0.717) is 66.3 Å². The van der Waals surface area contributed by atoms with Gasteiger partial charge in [0.05, 0.1) is 45.2 Å². The fourth-order valence-electron chi connectivity index (χ4n) is 7.11. The minimum absolute atomic E-state index is 0.0214. The highest BCUT2D eigenvalue weighted by Crippen LogP contribution is 2.27. The molecule has 0 unspecified atom stereocenters. The maximum Gasteiger partial charge on any atom is 0.410 e. The molecular weight excluding hydrogens is 833 g/mol. The van der Waals surface area contributed by atoms with Crippen molar-refractivity contribution in [2.24, 2.45) is 0 Å². The van der Waals surface area contributed by atoms with E-state index in [1.54, 1.807) is 58.6 Å². The van der Waals surface area contributed by atoms with E-state index >= 15 is 0 Å². The number of H-pyrrole nitrogens is 2. The van der Waals surface area contributed by atoms with Crippen LogP contribution in [0, 0.1) is 0 Å². The molecule has 8 rings (SSSR count). The fourth-order valence-corrected chi connectivity index (χ4v) is 7.79. The Balaban J connectivity index is 0.000000167. The van der Waals surface area contributed by atoms with Gasteiger partial charge in [-0.3, -0.25) is 23.7 Å². The maximum atomic E-state index is 12.2. The van der Waals surface area contributed by atoms with Gasteiger partial charge in [0.15, 0.2) is 0 Å². The number of nitrogens with one attached hydrogen (secondary N) is 2. The van der Waals surface area contributed by atoms with Gasteiger partial charge in [-0.1, -0.05) is 0 Å². The number of likely N-dealkylation sites (tertiary alicyclic amines) is 2. The molecule has 2 amide bonds. The van der Waals surface area contributed by atoms with E-state index in [1.165, 1.54) is 6.07 Å². The van der Waals surface area contributed by atoms with E-state index in [1.807, 2.05) is 59.7 Å². The van der Waals surface area contributed by atoms with Crippen molar-refractivity contribution >= 4 is 65.9 Å². The fraction of sp³-hybridized carbons (Fsp3) is 0.422. The third-order valence-corrected chi connectivity index (χ3v) is 10.5. The molecule has 6 heterocycles. The molecule has 0 aliphatic carbocycles. The lowest BCUT2D eigenvalue weighted by atomic mass is 10.1. The molecule has 18 heteroatoms. The van der Waals surface area contributed by atoms with Crippen molar-refractivity contribution in [1.29, 1.82) is 0 Å². The summed E-state index contributed by atoms with van der Waals surface area (Å²) in [7, 11) is -3.42. The highest BCUT2D eigenvalue weighted by atomic mass is 32.2. The number of aromatic hydroxyl groups is 1. The van der Waals surface area contributed by atoms with Gasteiger partial charge in [0, 0.05) is 62.2 Å². The number of piperidine rings is 2. The molecule has 336 valence electrons. The van der Waals surface area contributed by atoms with Gasteiger partial charge in [-0.05, 0) is 115 Å². The third-order valence-electron chi connectivity index (χ3n) is 9.91. The largest absolute Gasteiger partial charge is 0.508 e. The van der Waals surface area contributed by atoms with Crippen molar-refractivity contribution in [1.82, 2.24) is 29.7 Å². The van der Waals surface area contributed by atoms with Crippen LogP contribution in [0.15, 0.2) is 82.6 Å². The summed E-state index contributed by atoms with van der Waals surface area (Å²) >= 11 is 0. The second kappa shape index (κ2) is 19.0. The Hall–Kier alpha value is -6.27. The second-order valence-electron chi connectivity index (χ2n) is 17.4. The molecule has 0 saturated carbocycles. The van der Waals surface area contributed by atoms with E-state index in [4.69, 9.17) is 18.4 Å². The van der Waals surface area contributed by atoms with Crippen molar-refractivity contribution < 1.29 is 41.5 Å². The molecular formula is C45H54N6O11S. The molecule has 2 aromatic carbocycles. The number of pyridine rings is 4. The zero-order valence-corrected chi connectivity index (χ0v) is 37.3. The highest BCUT2D eigenvalue weighted by molar-refractivity contribution is 7.86. The summed E-state index contributed by atoms with van der Waals surface area (Å²) in [5, 5.41) is 12.1. The van der Waals surface area contributed by atoms with Crippen molar-refractivity contribution in [2.45, 2.75) is 90.6 Å². The van der Waals surface area contributed by atoms with Crippen LogP contribution in [0.25, 0.3) is 43.6 Å². The number of fused-ring (bicyclic) bond motifs is 6. The van der Waals surface area contributed by atoms with Gasteiger partial charge in [-0.25, -0.2) is 9.59 Å². The Kier molecular flexibility index (Phi) is 13.9. The van der Waals surface area contributed by atoms with Crippen LogP contribution in [-0.2, 0) is 23.8 Å². The summed E-state index contributed by atoms with van der Waals surface area (Å²) in [5.74, 6) is 0.888. The first-order valence-corrected chi connectivity index (χ1v) is 22.5. The molecule has 6 aromatic rings. The molecule has 2 aliphatic rings. The van der Waals surface area contributed by atoms with Gasteiger partial charge >= 0.3 is 12.2 Å². The number of phenolic OH excluding ortho intramolecular Hbond substituents is 1. The second-order valence-corrected chi connectivity index (χ2v) is 19.0. The van der Waals surface area contributed by atoms with E-state index < -0.39 is 21.3 Å². The Morgan fingerprint density at radius 2 is 1.11 bits per heavy atom. The minimum atomic E-state index is -3.42. The monoisotopic (exact) mass is 886 g/mol. The van der Waals surface area contributed by atoms with Crippen molar-refractivity contribution in [3.63, 3.8) is 0 Å². The molecule has 2 saturated heterocycles. The summed E-state index contributed by atoms with van der Waals surface area (Å²) in [6, 6.07) is 17.4. The lowest BCUT2D eigenvalue weighted by molar-refractivity contribution is 0.0117. The molecule has 2 fully saturated rings. The van der Waals surface area contributed by atoms with Crippen LogP contribution < -0.4 is 15.9 Å². The van der Waals surface area contributed by atoms with Gasteiger partial charge < -0.3 is 39.1 Å². The lowest BCUT2D eigenvalue weighted by Crippen LogP contribution is -2.44. The zero-order valence-electron chi connectivity index (χ0n) is 36.5. The van der Waals surface area contributed by atoms with Crippen LogP contribution in [0.5, 0.6) is 11.5 Å². The quantitative estimate of drug-likeness (QED) is 0.120. The molecule has 0 radical (unpaired) electrons. The van der Waals surface area contributed by atoms with Crippen LogP contribution in [-0.4, -0.2) is 111 Å². The molecule has 17 nitrogen and oxygen atoms in total. The number of rotatable bonds is 4. The number of hydrogen-bond donors (Lipinski definition) is 3. The lowest BCUT2D eigenvalue weighted by Gasteiger charge is -2.33. The number of benzene rings is 2. The van der Waals surface area contributed by atoms with Crippen LogP contribution >= 0.6 is 0 Å². The van der Waals surface area contributed by atoms with Gasteiger partial charge in [0.25, 0.3) is 21.2 Å². The number of nitrogens with zero attached hydrogens (tertiary/aromatic N) is 4. The highest BCUT2D eigenvalue weighted by Gasteiger charge is 2.29. The van der Waals surface area contributed by atoms with Gasteiger partial charge in [-0.2, -0.15) is 8.42 Å². The van der Waals surface area contributed by atoms with Gasteiger partial charge in [0.1, 0.15) is 28.8 Å². The minimum Gasteiger partial charge on any atom is -0.508 e. The number of phenols is 1. The normalized spacial score (nSPS) is 15.3. The number of aromatic amines is 2. The van der Waals surface area contributed by atoms with Crippen molar-refractivity contribution in [2.75, 3.05) is 32.4 Å². The van der Waals surface area contributed by atoms with E-state index in [9.17, 15) is 32.7 Å².